The lowest BCUT2D eigenvalue weighted by atomic mass is 10.2. The van der Waals surface area contributed by atoms with Crippen LogP contribution in [0.2, 0.25) is 0 Å². The first-order chi connectivity index (χ1) is 17.5. The van der Waals surface area contributed by atoms with E-state index in [1.807, 2.05) is 6.92 Å². The van der Waals surface area contributed by atoms with Crippen LogP contribution in [0.4, 0.5) is 10.1 Å². The summed E-state index contributed by atoms with van der Waals surface area (Å²) < 4.78 is 50.3. The molecule has 1 amide bonds. The second kappa shape index (κ2) is 10.3. The van der Waals surface area contributed by atoms with Gasteiger partial charge in [0.25, 0.3) is 0 Å². The number of carboxylic acid groups (broad SMARTS) is 1. The topological polar surface area (TPSA) is 140 Å². The summed E-state index contributed by atoms with van der Waals surface area (Å²) in [6.07, 6.45) is 2.09. The normalized spacial score (nSPS) is 14.3. The summed E-state index contributed by atoms with van der Waals surface area (Å²) in [4.78, 5) is 23.8. The SMILES string of the molecule is CC[C@H](C)NS(=O)(=O)c1cc(NC(=O)C2CC2)ccc1Oc1c(C)c(C(=O)O)nn1-c1cccc(F)c1. The minimum Gasteiger partial charge on any atom is -0.476 e. The predicted molar refractivity (Wildman–Crippen MR) is 133 cm³/mol. The number of sulfonamides is 1. The van der Waals surface area contributed by atoms with Crippen molar-refractivity contribution in [3.8, 4) is 17.3 Å². The van der Waals surface area contributed by atoms with E-state index in [1.165, 1.54) is 43.3 Å². The maximum atomic E-state index is 13.9. The lowest BCUT2D eigenvalue weighted by Crippen LogP contribution is -2.32. The summed E-state index contributed by atoms with van der Waals surface area (Å²) in [6, 6.07) is 9.06. The molecular weight excluding hydrogens is 503 g/mol. The average molecular weight is 531 g/mol. The molecule has 0 saturated heterocycles. The van der Waals surface area contributed by atoms with E-state index in [-0.39, 0.29) is 57.0 Å². The Hall–Kier alpha value is -3.77. The maximum Gasteiger partial charge on any atom is 0.356 e. The third-order valence-electron chi connectivity index (χ3n) is 5.95. The van der Waals surface area contributed by atoms with Crippen molar-refractivity contribution < 1.29 is 32.2 Å². The van der Waals surface area contributed by atoms with Crippen molar-refractivity contribution >= 4 is 27.6 Å². The summed E-state index contributed by atoms with van der Waals surface area (Å²) in [5.74, 6) is -2.42. The zero-order valence-electron chi connectivity index (χ0n) is 20.5. The Kier molecular flexibility index (Phi) is 7.32. The first-order valence-electron chi connectivity index (χ1n) is 11.7. The van der Waals surface area contributed by atoms with E-state index in [4.69, 9.17) is 4.74 Å². The van der Waals surface area contributed by atoms with Gasteiger partial charge in [0.15, 0.2) is 5.69 Å². The molecule has 0 bridgehead atoms. The Morgan fingerprint density at radius 3 is 2.59 bits per heavy atom. The highest BCUT2D eigenvalue weighted by Gasteiger charge is 2.31. The Morgan fingerprint density at radius 1 is 1.24 bits per heavy atom. The number of amides is 1. The van der Waals surface area contributed by atoms with Crippen molar-refractivity contribution in [1.82, 2.24) is 14.5 Å². The molecule has 0 spiro atoms. The van der Waals surface area contributed by atoms with Crippen molar-refractivity contribution in [2.24, 2.45) is 5.92 Å². The Bertz CT molecular complexity index is 1470. The fourth-order valence-electron chi connectivity index (χ4n) is 3.57. The van der Waals surface area contributed by atoms with Crippen LogP contribution in [-0.2, 0) is 14.8 Å². The minimum absolute atomic E-state index is 0.0908. The molecule has 10 nitrogen and oxygen atoms in total. The number of ether oxygens (including phenoxy) is 1. The molecule has 1 aliphatic carbocycles. The van der Waals surface area contributed by atoms with Gasteiger partial charge < -0.3 is 15.2 Å². The van der Waals surface area contributed by atoms with E-state index in [9.17, 15) is 27.5 Å². The summed E-state index contributed by atoms with van der Waals surface area (Å²) in [7, 11) is -4.12. The Morgan fingerprint density at radius 2 is 1.97 bits per heavy atom. The van der Waals surface area contributed by atoms with Crippen LogP contribution < -0.4 is 14.8 Å². The van der Waals surface area contributed by atoms with Crippen molar-refractivity contribution in [1.29, 1.82) is 0 Å². The molecule has 196 valence electrons. The highest BCUT2D eigenvalue weighted by atomic mass is 32.2. The highest BCUT2D eigenvalue weighted by molar-refractivity contribution is 7.89. The number of anilines is 1. The van der Waals surface area contributed by atoms with Crippen LogP contribution in [-0.4, -0.2) is 41.2 Å². The number of rotatable bonds is 10. The molecule has 1 saturated carbocycles. The van der Waals surface area contributed by atoms with Gasteiger partial charge in [-0.05, 0) is 69.5 Å². The van der Waals surface area contributed by atoms with Crippen molar-refractivity contribution in [3.05, 3.63) is 59.5 Å². The van der Waals surface area contributed by atoms with Gasteiger partial charge in [0.05, 0.1) is 5.69 Å². The number of hydrogen-bond acceptors (Lipinski definition) is 6. The van der Waals surface area contributed by atoms with Crippen LogP contribution in [0.5, 0.6) is 11.6 Å². The molecule has 3 aromatic rings. The summed E-state index contributed by atoms with van der Waals surface area (Å²) >= 11 is 0. The second-order valence-electron chi connectivity index (χ2n) is 8.93. The number of carbonyl (C=O) groups is 2. The quantitative estimate of drug-likeness (QED) is 0.356. The number of benzene rings is 2. The van der Waals surface area contributed by atoms with E-state index in [0.717, 1.165) is 23.6 Å². The van der Waals surface area contributed by atoms with Crippen LogP contribution in [0.15, 0.2) is 47.4 Å². The molecule has 12 heteroatoms. The van der Waals surface area contributed by atoms with Gasteiger partial charge in [-0.15, -0.1) is 0 Å². The van der Waals surface area contributed by atoms with Gasteiger partial charge >= 0.3 is 5.97 Å². The van der Waals surface area contributed by atoms with E-state index < -0.39 is 21.8 Å². The molecule has 1 fully saturated rings. The molecule has 2 aromatic carbocycles. The molecule has 37 heavy (non-hydrogen) atoms. The number of nitrogens with one attached hydrogen (secondary N) is 2. The van der Waals surface area contributed by atoms with Crippen LogP contribution >= 0.6 is 0 Å². The molecular formula is C25H27FN4O6S. The lowest BCUT2D eigenvalue weighted by Gasteiger charge is -2.17. The Labute approximate surface area is 213 Å². The third-order valence-corrected chi connectivity index (χ3v) is 7.56. The van der Waals surface area contributed by atoms with Crippen molar-refractivity contribution in [2.45, 2.75) is 51.0 Å². The predicted octanol–water partition coefficient (Wildman–Crippen LogP) is 4.24. The van der Waals surface area contributed by atoms with Crippen LogP contribution in [0, 0.1) is 18.7 Å². The fourth-order valence-corrected chi connectivity index (χ4v) is 5.05. The molecule has 3 N–H and O–H groups in total. The van der Waals surface area contributed by atoms with Gasteiger partial charge in [0.2, 0.25) is 21.8 Å². The molecule has 1 heterocycles. The average Bonchev–Trinajstić information content (AvgIpc) is 3.64. The van der Waals surface area contributed by atoms with Gasteiger partial charge in [-0.1, -0.05) is 13.0 Å². The summed E-state index contributed by atoms with van der Waals surface area (Å²) in [6.45, 7) is 4.99. The fraction of sp³-hybridized carbons (Fsp3) is 0.320. The second-order valence-corrected chi connectivity index (χ2v) is 10.6. The van der Waals surface area contributed by atoms with E-state index in [1.54, 1.807) is 6.92 Å². The van der Waals surface area contributed by atoms with E-state index >= 15 is 0 Å². The molecule has 4 rings (SSSR count). The number of halogens is 1. The third kappa shape index (κ3) is 5.81. The van der Waals surface area contributed by atoms with Gasteiger partial charge in [0, 0.05) is 23.2 Å². The summed E-state index contributed by atoms with van der Waals surface area (Å²) in [5, 5.41) is 16.4. The monoisotopic (exact) mass is 530 g/mol. The number of carboxylic acids is 1. The zero-order valence-corrected chi connectivity index (χ0v) is 21.3. The van der Waals surface area contributed by atoms with Gasteiger partial charge in [0.1, 0.15) is 16.5 Å². The molecule has 0 aliphatic heterocycles. The van der Waals surface area contributed by atoms with Crippen LogP contribution in [0.25, 0.3) is 5.69 Å². The number of aromatic nitrogens is 2. The van der Waals surface area contributed by atoms with Crippen molar-refractivity contribution in [2.75, 3.05) is 5.32 Å². The lowest BCUT2D eigenvalue weighted by molar-refractivity contribution is -0.117. The standard InChI is InChI=1S/C25H27FN4O6S/c1-4-14(2)29-37(34,35)21-13-18(27-23(31)16-8-9-16)10-11-20(21)36-24-15(3)22(25(32)33)28-30(24)19-7-5-6-17(26)12-19/h5-7,10-14,16,29H,4,8-9H2,1-3H3,(H,27,31)(H,32,33)/t14-/m0/s1. The number of carbonyl (C=O) groups excluding carboxylic acids is 1. The van der Waals surface area contributed by atoms with E-state index in [0.29, 0.717) is 6.42 Å². The highest BCUT2D eigenvalue weighted by Crippen LogP contribution is 2.36. The molecule has 1 aliphatic rings. The number of hydrogen-bond donors (Lipinski definition) is 3. The molecule has 0 radical (unpaired) electrons. The maximum absolute atomic E-state index is 13.9. The van der Waals surface area contributed by atoms with Crippen LogP contribution in [0.3, 0.4) is 0 Å². The number of nitrogens with zero attached hydrogens (tertiary/aromatic N) is 2. The largest absolute Gasteiger partial charge is 0.476 e. The van der Waals surface area contributed by atoms with Gasteiger partial charge in [-0.25, -0.2) is 22.3 Å². The van der Waals surface area contributed by atoms with E-state index in [2.05, 4.69) is 15.1 Å². The van der Waals surface area contributed by atoms with Gasteiger partial charge in [-0.2, -0.15) is 9.78 Å². The smallest absolute Gasteiger partial charge is 0.356 e. The Balaban J connectivity index is 1.82. The molecule has 1 aromatic heterocycles. The molecule has 1 atom stereocenters. The minimum atomic E-state index is -4.12. The van der Waals surface area contributed by atoms with Crippen LogP contribution in [0.1, 0.15) is 49.2 Å². The summed E-state index contributed by atoms with van der Waals surface area (Å²) in [5.41, 5.74) is 0.229. The zero-order chi connectivity index (χ0) is 26.9. The number of aromatic carboxylic acids is 1. The van der Waals surface area contributed by atoms with Gasteiger partial charge in [-0.3, -0.25) is 4.79 Å². The molecule has 0 unspecified atom stereocenters. The first kappa shape index (κ1) is 26.3. The van der Waals surface area contributed by atoms with Crippen molar-refractivity contribution in [3.63, 3.8) is 0 Å². The first-order valence-corrected chi connectivity index (χ1v) is 13.2.